The summed E-state index contributed by atoms with van der Waals surface area (Å²) in [4.78, 5) is 8.59. The van der Waals surface area contributed by atoms with Gasteiger partial charge in [-0.05, 0) is 35.7 Å². The Bertz CT molecular complexity index is 1110. The van der Waals surface area contributed by atoms with Crippen molar-refractivity contribution in [3.63, 3.8) is 0 Å². The largest absolute Gasteiger partial charge is 0.416 e. The van der Waals surface area contributed by atoms with Crippen molar-refractivity contribution >= 4 is 16.7 Å². The fourth-order valence-electron chi connectivity index (χ4n) is 3.42. The van der Waals surface area contributed by atoms with Crippen molar-refractivity contribution in [1.82, 2.24) is 9.97 Å². The van der Waals surface area contributed by atoms with E-state index in [0.29, 0.717) is 5.82 Å². The number of para-hydroxylation sites is 1. The molecule has 0 saturated heterocycles. The molecule has 3 aromatic carbocycles. The number of alkyl halides is 3. The van der Waals surface area contributed by atoms with Gasteiger partial charge in [0.2, 0.25) is 0 Å². The van der Waals surface area contributed by atoms with Crippen LogP contribution in [0, 0.1) is 0 Å². The lowest BCUT2D eigenvalue weighted by Crippen LogP contribution is -2.18. The van der Waals surface area contributed by atoms with Gasteiger partial charge < -0.3 is 5.32 Å². The summed E-state index contributed by atoms with van der Waals surface area (Å²) in [5.74, 6) is 0.592. The van der Waals surface area contributed by atoms with Crippen molar-refractivity contribution in [2.75, 3.05) is 5.32 Å². The molecule has 4 rings (SSSR count). The Labute approximate surface area is 166 Å². The number of hydrogen-bond donors (Lipinski definition) is 1. The van der Waals surface area contributed by atoms with Gasteiger partial charge in [-0.15, -0.1) is 0 Å². The molecule has 0 bridgehead atoms. The van der Waals surface area contributed by atoms with Crippen molar-refractivity contribution in [3.05, 3.63) is 102 Å². The molecule has 0 saturated carbocycles. The number of nitrogens with one attached hydrogen (secondary N) is 1. The first-order valence-electron chi connectivity index (χ1n) is 9.19. The Morgan fingerprint density at radius 3 is 2.28 bits per heavy atom. The number of halogens is 3. The lowest BCUT2D eigenvalue weighted by molar-refractivity contribution is -0.138. The van der Waals surface area contributed by atoms with Gasteiger partial charge in [-0.2, -0.15) is 13.2 Å². The van der Waals surface area contributed by atoms with Crippen LogP contribution < -0.4 is 5.32 Å². The molecule has 1 N–H and O–H groups in total. The summed E-state index contributed by atoms with van der Waals surface area (Å²) in [5.41, 5.74) is 1.27. The van der Waals surface area contributed by atoms with Gasteiger partial charge in [0, 0.05) is 5.39 Å². The highest BCUT2D eigenvalue weighted by atomic mass is 19.4. The molecule has 3 nitrogen and oxygen atoms in total. The van der Waals surface area contributed by atoms with Gasteiger partial charge in [-0.1, -0.05) is 60.7 Å². The molecule has 1 unspecified atom stereocenters. The normalized spacial score (nSPS) is 12.7. The van der Waals surface area contributed by atoms with E-state index in [4.69, 9.17) is 0 Å². The van der Waals surface area contributed by atoms with Crippen LogP contribution in [0.2, 0.25) is 0 Å². The first-order valence-corrected chi connectivity index (χ1v) is 9.19. The van der Waals surface area contributed by atoms with Gasteiger partial charge in [0.05, 0.1) is 17.1 Å². The van der Waals surface area contributed by atoms with Gasteiger partial charge in [-0.3, -0.25) is 0 Å². The molecule has 1 heterocycles. The summed E-state index contributed by atoms with van der Waals surface area (Å²) in [5, 5.41) is 4.17. The van der Waals surface area contributed by atoms with E-state index in [9.17, 15) is 13.2 Å². The van der Waals surface area contributed by atoms with Crippen LogP contribution in [0.25, 0.3) is 10.9 Å². The standard InChI is InChI=1S/C23H18F3N3/c24-23(25,26)19-12-6-4-10-17(19)14-21(16-8-2-1-3-9-16)29-22-18-11-5-7-13-20(18)27-15-28-22/h1-13,15,21H,14H2,(H,27,28,29). The molecule has 4 aromatic rings. The van der Waals surface area contributed by atoms with Crippen LogP contribution >= 0.6 is 0 Å². The molecule has 1 aromatic heterocycles. The molecule has 0 spiro atoms. The molecule has 6 heteroatoms. The minimum atomic E-state index is -4.40. The molecular weight excluding hydrogens is 375 g/mol. The number of aromatic nitrogens is 2. The van der Waals surface area contributed by atoms with Crippen LogP contribution in [0.15, 0.2) is 85.2 Å². The number of fused-ring (bicyclic) bond motifs is 1. The average Bonchev–Trinajstić information content (AvgIpc) is 2.74. The van der Waals surface area contributed by atoms with E-state index in [1.54, 1.807) is 6.07 Å². The molecule has 0 amide bonds. The van der Waals surface area contributed by atoms with Gasteiger partial charge >= 0.3 is 6.18 Å². The first kappa shape index (κ1) is 18.9. The average molecular weight is 393 g/mol. The Morgan fingerprint density at radius 1 is 0.793 bits per heavy atom. The van der Waals surface area contributed by atoms with Gasteiger partial charge in [0.25, 0.3) is 0 Å². The van der Waals surface area contributed by atoms with E-state index in [1.807, 2.05) is 54.6 Å². The smallest absolute Gasteiger partial charge is 0.362 e. The second kappa shape index (κ2) is 7.91. The third kappa shape index (κ3) is 4.21. The predicted octanol–water partition coefficient (Wildman–Crippen LogP) is 6.04. The molecule has 29 heavy (non-hydrogen) atoms. The van der Waals surface area contributed by atoms with E-state index in [-0.39, 0.29) is 12.0 Å². The summed E-state index contributed by atoms with van der Waals surface area (Å²) >= 11 is 0. The lowest BCUT2D eigenvalue weighted by atomic mass is 9.95. The van der Waals surface area contributed by atoms with Crippen molar-refractivity contribution < 1.29 is 13.2 Å². The van der Waals surface area contributed by atoms with Gasteiger partial charge in [0.1, 0.15) is 12.1 Å². The third-order valence-electron chi connectivity index (χ3n) is 4.80. The first-order chi connectivity index (χ1) is 14.0. The van der Waals surface area contributed by atoms with Crippen LogP contribution in [0.1, 0.15) is 22.7 Å². The third-order valence-corrected chi connectivity index (χ3v) is 4.80. The van der Waals surface area contributed by atoms with Crippen LogP contribution in [0.3, 0.4) is 0 Å². The molecule has 0 radical (unpaired) electrons. The van der Waals surface area contributed by atoms with E-state index in [1.165, 1.54) is 18.5 Å². The van der Waals surface area contributed by atoms with E-state index < -0.39 is 17.8 Å². The number of nitrogens with zero attached hydrogens (tertiary/aromatic N) is 2. The Balaban J connectivity index is 1.74. The zero-order valence-electron chi connectivity index (χ0n) is 15.4. The minimum absolute atomic E-state index is 0.165. The molecular formula is C23H18F3N3. The van der Waals surface area contributed by atoms with E-state index in [0.717, 1.165) is 22.5 Å². The second-order valence-electron chi connectivity index (χ2n) is 6.71. The van der Waals surface area contributed by atoms with Crippen molar-refractivity contribution in [2.24, 2.45) is 0 Å². The fraction of sp³-hybridized carbons (Fsp3) is 0.130. The number of hydrogen-bond acceptors (Lipinski definition) is 3. The highest BCUT2D eigenvalue weighted by molar-refractivity contribution is 5.88. The quantitative estimate of drug-likeness (QED) is 0.449. The topological polar surface area (TPSA) is 37.8 Å². The monoisotopic (exact) mass is 393 g/mol. The number of benzene rings is 3. The molecule has 0 aliphatic carbocycles. The fourth-order valence-corrected chi connectivity index (χ4v) is 3.42. The van der Waals surface area contributed by atoms with Crippen molar-refractivity contribution in [2.45, 2.75) is 18.6 Å². The van der Waals surface area contributed by atoms with E-state index in [2.05, 4.69) is 15.3 Å². The summed E-state index contributed by atoms with van der Waals surface area (Å²) in [6.07, 6.45) is -2.78. The van der Waals surface area contributed by atoms with Crippen molar-refractivity contribution in [1.29, 1.82) is 0 Å². The Hall–Kier alpha value is -3.41. The maximum atomic E-state index is 13.5. The summed E-state index contributed by atoms with van der Waals surface area (Å²) in [6, 6.07) is 22.3. The summed E-state index contributed by atoms with van der Waals surface area (Å²) in [7, 11) is 0. The molecule has 146 valence electrons. The number of anilines is 1. The second-order valence-corrected chi connectivity index (χ2v) is 6.71. The molecule has 0 aliphatic rings. The Morgan fingerprint density at radius 2 is 1.48 bits per heavy atom. The van der Waals surface area contributed by atoms with Gasteiger partial charge in [-0.25, -0.2) is 9.97 Å². The van der Waals surface area contributed by atoms with Gasteiger partial charge in [0.15, 0.2) is 0 Å². The zero-order chi connectivity index (χ0) is 20.3. The highest BCUT2D eigenvalue weighted by Crippen LogP contribution is 2.35. The van der Waals surface area contributed by atoms with Crippen LogP contribution in [0.4, 0.5) is 19.0 Å². The SMILES string of the molecule is FC(F)(F)c1ccccc1CC(Nc1ncnc2ccccc12)c1ccccc1. The molecule has 1 atom stereocenters. The Kier molecular flexibility index (Phi) is 5.16. The predicted molar refractivity (Wildman–Crippen MR) is 107 cm³/mol. The summed E-state index contributed by atoms with van der Waals surface area (Å²) in [6.45, 7) is 0. The molecule has 0 fully saturated rings. The number of rotatable bonds is 5. The minimum Gasteiger partial charge on any atom is -0.362 e. The molecule has 0 aliphatic heterocycles. The lowest BCUT2D eigenvalue weighted by Gasteiger charge is -2.22. The van der Waals surface area contributed by atoms with Crippen LogP contribution in [-0.4, -0.2) is 9.97 Å². The maximum absolute atomic E-state index is 13.5. The van der Waals surface area contributed by atoms with Crippen LogP contribution in [-0.2, 0) is 12.6 Å². The maximum Gasteiger partial charge on any atom is 0.416 e. The van der Waals surface area contributed by atoms with Crippen molar-refractivity contribution in [3.8, 4) is 0 Å². The van der Waals surface area contributed by atoms with E-state index >= 15 is 0 Å². The highest BCUT2D eigenvalue weighted by Gasteiger charge is 2.33. The summed E-state index contributed by atoms with van der Waals surface area (Å²) < 4.78 is 40.5. The van der Waals surface area contributed by atoms with Crippen LogP contribution in [0.5, 0.6) is 0 Å². The zero-order valence-corrected chi connectivity index (χ0v) is 15.4.